The molecule has 2 amide bonds. The molecule has 2 N–H and O–H groups in total. The van der Waals surface area contributed by atoms with E-state index >= 15 is 0 Å². The van der Waals surface area contributed by atoms with Crippen molar-refractivity contribution in [3.05, 3.63) is 88.7 Å². The normalized spacial score (nSPS) is 10.3. The number of benzene rings is 2. The summed E-state index contributed by atoms with van der Waals surface area (Å²) in [6, 6.07) is 15.5. The van der Waals surface area contributed by atoms with Gasteiger partial charge in [-0.15, -0.1) is 0 Å². The van der Waals surface area contributed by atoms with Crippen LogP contribution in [0.4, 0.5) is 0 Å². The van der Waals surface area contributed by atoms with Gasteiger partial charge < -0.3 is 0 Å². The molecule has 126 valence electrons. The minimum atomic E-state index is -0.478. The van der Waals surface area contributed by atoms with Crippen LogP contribution < -0.4 is 10.9 Å². The molecule has 0 saturated carbocycles. The van der Waals surface area contributed by atoms with Gasteiger partial charge in [-0.05, 0) is 35.9 Å². The zero-order valence-corrected chi connectivity index (χ0v) is 13.9. The van der Waals surface area contributed by atoms with E-state index in [-0.39, 0.29) is 0 Å². The van der Waals surface area contributed by atoms with E-state index in [0.29, 0.717) is 22.7 Å². The highest BCUT2D eigenvalue weighted by molar-refractivity contribution is 6.33. The van der Waals surface area contributed by atoms with Gasteiger partial charge in [0.2, 0.25) is 0 Å². The van der Waals surface area contributed by atoms with Gasteiger partial charge in [0.15, 0.2) is 0 Å². The second-order valence-electron chi connectivity index (χ2n) is 5.29. The number of hydrazine groups is 1. The predicted octanol–water partition coefficient (Wildman–Crippen LogP) is 2.66. The number of carbonyl (C=O) groups is 2. The number of nitrogens with one attached hydrogen (secondary N) is 2. The molecule has 0 radical (unpaired) electrons. The Bertz CT molecular complexity index is 876. The van der Waals surface area contributed by atoms with Gasteiger partial charge in [-0.1, -0.05) is 35.9 Å². The van der Waals surface area contributed by atoms with Crippen LogP contribution in [-0.2, 0) is 6.54 Å². The third-order valence-corrected chi connectivity index (χ3v) is 3.86. The van der Waals surface area contributed by atoms with Crippen LogP contribution in [-0.4, -0.2) is 21.6 Å². The Labute approximate surface area is 149 Å². The molecular weight excluding hydrogens is 340 g/mol. The zero-order valence-electron chi connectivity index (χ0n) is 13.1. The average Bonchev–Trinajstić information content (AvgIpc) is 3.13. The molecule has 3 aromatic rings. The van der Waals surface area contributed by atoms with Crippen molar-refractivity contribution < 1.29 is 9.59 Å². The van der Waals surface area contributed by atoms with Gasteiger partial charge in [0.05, 0.1) is 17.1 Å². The summed E-state index contributed by atoms with van der Waals surface area (Å²) < 4.78 is 1.79. The van der Waals surface area contributed by atoms with Crippen molar-refractivity contribution in [1.29, 1.82) is 0 Å². The van der Waals surface area contributed by atoms with E-state index in [1.807, 2.05) is 24.4 Å². The summed E-state index contributed by atoms with van der Waals surface area (Å²) in [5, 5.41) is 4.45. The number of hydrogen-bond acceptors (Lipinski definition) is 3. The van der Waals surface area contributed by atoms with Gasteiger partial charge in [0, 0.05) is 18.0 Å². The molecule has 25 heavy (non-hydrogen) atoms. The Balaban J connectivity index is 1.58. The van der Waals surface area contributed by atoms with Crippen molar-refractivity contribution in [1.82, 2.24) is 20.6 Å². The molecule has 2 aromatic carbocycles. The molecule has 0 unspecified atom stereocenters. The Kier molecular flexibility index (Phi) is 5.11. The molecule has 0 spiro atoms. The van der Waals surface area contributed by atoms with Crippen molar-refractivity contribution in [3.8, 4) is 0 Å². The topological polar surface area (TPSA) is 76.0 Å². The first kappa shape index (κ1) is 16.7. The van der Waals surface area contributed by atoms with Gasteiger partial charge in [0.1, 0.15) is 0 Å². The van der Waals surface area contributed by atoms with Crippen LogP contribution in [0, 0.1) is 0 Å². The van der Waals surface area contributed by atoms with E-state index in [2.05, 4.69) is 16.0 Å². The highest BCUT2D eigenvalue weighted by Gasteiger charge is 2.11. The van der Waals surface area contributed by atoms with Crippen molar-refractivity contribution in [3.63, 3.8) is 0 Å². The maximum atomic E-state index is 12.1. The molecule has 0 aliphatic rings. The Morgan fingerprint density at radius 3 is 2.36 bits per heavy atom. The van der Waals surface area contributed by atoms with Crippen molar-refractivity contribution in [2.75, 3.05) is 0 Å². The molecule has 0 aliphatic heterocycles. The van der Waals surface area contributed by atoms with E-state index in [1.54, 1.807) is 47.3 Å². The summed E-state index contributed by atoms with van der Waals surface area (Å²) in [7, 11) is 0. The van der Waals surface area contributed by atoms with E-state index in [4.69, 9.17) is 11.6 Å². The van der Waals surface area contributed by atoms with Crippen molar-refractivity contribution >= 4 is 23.4 Å². The summed E-state index contributed by atoms with van der Waals surface area (Å²) in [6.45, 7) is 0.623. The second-order valence-corrected chi connectivity index (χ2v) is 5.70. The number of carbonyl (C=O) groups excluding carboxylic acids is 2. The van der Waals surface area contributed by atoms with Crippen LogP contribution in [0.5, 0.6) is 0 Å². The lowest BCUT2D eigenvalue weighted by atomic mass is 10.1. The fraction of sp³-hybridized carbons (Fsp3) is 0.0556. The fourth-order valence-electron chi connectivity index (χ4n) is 2.24. The monoisotopic (exact) mass is 354 g/mol. The maximum absolute atomic E-state index is 12.1. The molecule has 1 heterocycles. The van der Waals surface area contributed by atoms with E-state index < -0.39 is 11.8 Å². The number of halogens is 1. The lowest BCUT2D eigenvalue weighted by molar-refractivity contribution is 0.0846. The van der Waals surface area contributed by atoms with Gasteiger partial charge in [-0.25, -0.2) is 0 Å². The Morgan fingerprint density at radius 2 is 1.68 bits per heavy atom. The maximum Gasteiger partial charge on any atom is 0.271 e. The van der Waals surface area contributed by atoms with E-state index in [1.165, 1.54) is 0 Å². The van der Waals surface area contributed by atoms with Crippen LogP contribution in [0.3, 0.4) is 0 Å². The molecule has 0 aliphatic carbocycles. The first-order valence-electron chi connectivity index (χ1n) is 7.55. The molecule has 7 heteroatoms. The van der Waals surface area contributed by atoms with Crippen molar-refractivity contribution in [2.24, 2.45) is 0 Å². The average molecular weight is 355 g/mol. The highest BCUT2D eigenvalue weighted by Crippen LogP contribution is 2.14. The summed E-state index contributed by atoms with van der Waals surface area (Å²) in [5.41, 5.74) is 6.47. The number of nitrogens with zero attached hydrogens (tertiary/aromatic N) is 2. The van der Waals surface area contributed by atoms with E-state index in [0.717, 1.165) is 5.56 Å². The first-order valence-corrected chi connectivity index (χ1v) is 7.93. The molecule has 1 aromatic heterocycles. The summed E-state index contributed by atoms with van der Waals surface area (Å²) in [5.74, 6) is -0.889. The third-order valence-electron chi connectivity index (χ3n) is 3.53. The lowest BCUT2D eigenvalue weighted by Crippen LogP contribution is -2.41. The minimum absolute atomic E-state index is 0.291. The van der Waals surface area contributed by atoms with Gasteiger partial charge >= 0.3 is 0 Å². The number of hydrogen-bond donors (Lipinski definition) is 2. The third kappa shape index (κ3) is 4.24. The van der Waals surface area contributed by atoms with E-state index in [9.17, 15) is 9.59 Å². The Morgan fingerprint density at radius 1 is 0.960 bits per heavy atom. The molecule has 0 atom stereocenters. The first-order chi connectivity index (χ1) is 12.1. The highest BCUT2D eigenvalue weighted by atomic mass is 35.5. The summed E-state index contributed by atoms with van der Waals surface area (Å²) >= 11 is 5.95. The second kappa shape index (κ2) is 7.63. The zero-order chi connectivity index (χ0) is 17.6. The molecular formula is C18H15ClN4O2. The molecule has 0 saturated heterocycles. The number of amides is 2. The largest absolute Gasteiger partial charge is 0.271 e. The smallest absolute Gasteiger partial charge is 0.268 e. The van der Waals surface area contributed by atoms with Crippen molar-refractivity contribution in [2.45, 2.75) is 6.54 Å². The molecule has 3 rings (SSSR count). The van der Waals surface area contributed by atoms with Gasteiger partial charge in [0.25, 0.3) is 11.8 Å². The minimum Gasteiger partial charge on any atom is -0.268 e. The Hall–Kier alpha value is -3.12. The summed E-state index contributed by atoms with van der Waals surface area (Å²) in [4.78, 5) is 24.1. The standard InChI is InChI=1S/C18H15ClN4O2/c19-16-5-2-1-4-15(16)18(25)22-21-17(24)14-8-6-13(7-9-14)12-23-11-3-10-20-23/h1-11H,12H2,(H,21,24)(H,22,25). The van der Waals surface area contributed by atoms with Crippen LogP contribution in [0.1, 0.15) is 26.3 Å². The molecule has 0 fully saturated rings. The number of rotatable bonds is 4. The van der Waals surface area contributed by atoms with Crippen LogP contribution in [0.15, 0.2) is 67.0 Å². The van der Waals surface area contributed by atoms with Crippen LogP contribution in [0.2, 0.25) is 5.02 Å². The quantitative estimate of drug-likeness (QED) is 0.707. The van der Waals surface area contributed by atoms with Gasteiger partial charge in [-0.3, -0.25) is 25.1 Å². The van der Waals surface area contributed by atoms with Gasteiger partial charge in [-0.2, -0.15) is 5.10 Å². The number of aromatic nitrogens is 2. The lowest BCUT2D eigenvalue weighted by Gasteiger charge is -2.09. The van der Waals surface area contributed by atoms with Crippen LogP contribution in [0.25, 0.3) is 0 Å². The predicted molar refractivity (Wildman–Crippen MR) is 94.2 cm³/mol. The molecule has 0 bridgehead atoms. The van der Waals surface area contributed by atoms with Crippen LogP contribution >= 0.6 is 11.6 Å². The molecule has 6 nitrogen and oxygen atoms in total. The fourth-order valence-corrected chi connectivity index (χ4v) is 2.46. The summed E-state index contributed by atoms with van der Waals surface area (Å²) in [6.07, 6.45) is 3.58. The SMILES string of the molecule is O=C(NNC(=O)c1ccccc1Cl)c1ccc(Cn2cccn2)cc1.